The summed E-state index contributed by atoms with van der Waals surface area (Å²) in [5.74, 6) is -0.255. The van der Waals surface area contributed by atoms with E-state index in [1.165, 1.54) is 11.8 Å². The number of rotatable bonds is 5. The first-order valence-electron chi connectivity index (χ1n) is 8.57. The van der Waals surface area contributed by atoms with E-state index in [0.717, 1.165) is 23.4 Å². The van der Waals surface area contributed by atoms with Gasteiger partial charge in [-0.05, 0) is 37.1 Å². The Bertz CT molecular complexity index is 863. The van der Waals surface area contributed by atoms with E-state index >= 15 is 0 Å². The highest BCUT2D eigenvalue weighted by Gasteiger charge is 2.28. The Morgan fingerprint density at radius 3 is 2.78 bits per heavy atom. The second kappa shape index (κ2) is 8.95. The van der Waals surface area contributed by atoms with Crippen molar-refractivity contribution in [1.82, 2.24) is 9.88 Å². The van der Waals surface area contributed by atoms with E-state index in [-0.39, 0.29) is 17.7 Å². The molecule has 2 heterocycles. The molecule has 1 aromatic carbocycles. The number of hydrogen-bond donors (Lipinski definition) is 1. The number of likely N-dealkylation sites (tertiary alicyclic amines) is 1. The molecule has 2 aromatic rings. The fraction of sp³-hybridized carbons (Fsp3) is 0.316. The second-order valence-corrected chi connectivity index (χ2v) is 8.15. The summed E-state index contributed by atoms with van der Waals surface area (Å²) in [5, 5.41) is 1.02. The summed E-state index contributed by atoms with van der Waals surface area (Å²) < 4.78 is 0. The Labute approximate surface area is 172 Å². The highest BCUT2D eigenvalue weighted by molar-refractivity contribution is 7.98. The minimum absolute atomic E-state index is 0.173. The first-order chi connectivity index (χ1) is 13.0. The number of halogens is 2. The molecule has 1 aliphatic rings. The van der Waals surface area contributed by atoms with Crippen molar-refractivity contribution in [3.63, 3.8) is 0 Å². The largest absolute Gasteiger partial charge is 0.369 e. The fourth-order valence-corrected chi connectivity index (χ4v) is 4.38. The van der Waals surface area contributed by atoms with Crippen molar-refractivity contribution in [2.75, 3.05) is 13.1 Å². The molecule has 0 radical (unpaired) electrons. The maximum atomic E-state index is 12.8. The van der Waals surface area contributed by atoms with Gasteiger partial charge in [0.25, 0.3) is 5.91 Å². The second-order valence-electron chi connectivity index (χ2n) is 6.35. The molecule has 1 saturated heterocycles. The molecule has 0 spiro atoms. The van der Waals surface area contributed by atoms with Crippen LogP contribution in [0.4, 0.5) is 0 Å². The number of nitrogens with two attached hydrogens (primary N) is 1. The number of pyridine rings is 1. The van der Waals surface area contributed by atoms with Crippen LogP contribution in [0.5, 0.6) is 0 Å². The molecule has 1 atom stereocenters. The van der Waals surface area contributed by atoms with Crippen molar-refractivity contribution in [3.8, 4) is 0 Å². The monoisotopic (exact) mass is 423 g/mol. The molecule has 2 amide bonds. The summed E-state index contributed by atoms with van der Waals surface area (Å²) in [6.45, 7) is 0.967. The zero-order valence-corrected chi connectivity index (χ0v) is 16.9. The Kier molecular flexibility index (Phi) is 6.63. The molecule has 1 aliphatic heterocycles. The van der Waals surface area contributed by atoms with Gasteiger partial charge >= 0.3 is 0 Å². The zero-order chi connectivity index (χ0) is 19.4. The summed E-state index contributed by atoms with van der Waals surface area (Å²) in [6.07, 6.45) is 1.49. The third-order valence-corrected chi connectivity index (χ3v) is 6.45. The summed E-state index contributed by atoms with van der Waals surface area (Å²) in [5.41, 5.74) is 6.53. The third-order valence-electron chi connectivity index (χ3n) is 4.43. The Balaban J connectivity index is 1.68. The minimum atomic E-state index is -0.357. The van der Waals surface area contributed by atoms with Crippen LogP contribution in [0.25, 0.3) is 0 Å². The van der Waals surface area contributed by atoms with E-state index in [9.17, 15) is 9.59 Å². The molecule has 142 valence electrons. The van der Waals surface area contributed by atoms with E-state index in [2.05, 4.69) is 4.98 Å². The van der Waals surface area contributed by atoms with Crippen LogP contribution in [0.3, 0.4) is 0 Å². The number of thioether (sulfide) groups is 1. The van der Waals surface area contributed by atoms with Crippen LogP contribution in [0.15, 0.2) is 41.3 Å². The average molecular weight is 424 g/mol. The number of primary amides is 1. The summed E-state index contributed by atoms with van der Waals surface area (Å²) in [6, 6.07) is 10.8. The molecular formula is C19H19Cl2N3O2S. The SMILES string of the molecule is NC(=O)C1CCCN(C(=O)c2cccc(CSc3cccc(Cl)c3Cl)n2)C1. The van der Waals surface area contributed by atoms with Gasteiger partial charge in [0.05, 0.1) is 21.7 Å². The van der Waals surface area contributed by atoms with Gasteiger partial charge in [-0.1, -0.05) is 35.3 Å². The number of piperidine rings is 1. The molecule has 8 heteroatoms. The molecule has 27 heavy (non-hydrogen) atoms. The molecule has 2 N–H and O–H groups in total. The van der Waals surface area contributed by atoms with E-state index < -0.39 is 0 Å². The third kappa shape index (κ3) is 4.94. The highest BCUT2D eigenvalue weighted by Crippen LogP contribution is 2.34. The number of carbonyl (C=O) groups is 2. The first kappa shape index (κ1) is 20.0. The van der Waals surface area contributed by atoms with Crippen molar-refractivity contribution >= 4 is 46.8 Å². The lowest BCUT2D eigenvalue weighted by molar-refractivity contribution is -0.123. The number of nitrogens with zero attached hydrogens (tertiary/aromatic N) is 2. The van der Waals surface area contributed by atoms with Crippen molar-refractivity contribution in [2.24, 2.45) is 11.7 Å². The van der Waals surface area contributed by atoms with E-state index in [4.69, 9.17) is 28.9 Å². The zero-order valence-electron chi connectivity index (χ0n) is 14.5. The molecule has 1 unspecified atom stereocenters. The van der Waals surface area contributed by atoms with Crippen LogP contribution >= 0.6 is 35.0 Å². The van der Waals surface area contributed by atoms with Gasteiger partial charge in [-0.2, -0.15) is 0 Å². The lowest BCUT2D eigenvalue weighted by Gasteiger charge is -2.31. The lowest BCUT2D eigenvalue weighted by Crippen LogP contribution is -2.44. The molecular weight excluding hydrogens is 405 g/mol. The van der Waals surface area contributed by atoms with Gasteiger partial charge in [0.2, 0.25) is 5.91 Å². The number of amides is 2. The molecule has 5 nitrogen and oxygen atoms in total. The van der Waals surface area contributed by atoms with Gasteiger partial charge in [-0.3, -0.25) is 9.59 Å². The van der Waals surface area contributed by atoms with E-state index in [1.807, 2.05) is 24.3 Å². The molecule has 0 bridgehead atoms. The molecule has 1 fully saturated rings. The van der Waals surface area contributed by atoms with Crippen LogP contribution in [0.1, 0.15) is 29.0 Å². The minimum Gasteiger partial charge on any atom is -0.369 e. The maximum absolute atomic E-state index is 12.8. The highest BCUT2D eigenvalue weighted by atomic mass is 35.5. The van der Waals surface area contributed by atoms with Crippen molar-refractivity contribution < 1.29 is 9.59 Å². The van der Waals surface area contributed by atoms with Crippen LogP contribution < -0.4 is 5.73 Å². The van der Waals surface area contributed by atoms with Crippen molar-refractivity contribution in [1.29, 1.82) is 0 Å². The summed E-state index contributed by atoms with van der Waals surface area (Å²) in [4.78, 5) is 31.2. The first-order valence-corrected chi connectivity index (χ1v) is 10.3. The fourth-order valence-electron chi connectivity index (χ4n) is 2.98. The van der Waals surface area contributed by atoms with Gasteiger partial charge in [-0.25, -0.2) is 4.98 Å². The van der Waals surface area contributed by atoms with Crippen molar-refractivity contribution in [2.45, 2.75) is 23.5 Å². The Morgan fingerprint density at radius 2 is 2.00 bits per heavy atom. The number of carbonyl (C=O) groups excluding carboxylic acids is 2. The molecule has 0 aliphatic carbocycles. The van der Waals surface area contributed by atoms with Crippen molar-refractivity contribution in [3.05, 3.63) is 57.8 Å². The lowest BCUT2D eigenvalue weighted by atomic mass is 9.97. The van der Waals surface area contributed by atoms with Crippen LogP contribution in [-0.4, -0.2) is 34.8 Å². The molecule has 0 saturated carbocycles. The standard InChI is InChI=1S/C19H19Cl2N3O2S/c20-14-6-2-8-16(17(14)21)27-11-13-5-1-7-15(23-13)19(26)24-9-3-4-12(10-24)18(22)25/h1-2,5-8,12H,3-4,9-11H2,(H2,22,25). The van der Waals surface area contributed by atoms with E-state index in [0.29, 0.717) is 34.6 Å². The van der Waals surface area contributed by atoms with Gasteiger partial charge in [-0.15, -0.1) is 11.8 Å². The smallest absolute Gasteiger partial charge is 0.272 e. The van der Waals surface area contributed by atoms with Crippen LogP contribution in [0, 0.1) is 5.92 Å². The number of aromatic nitrogens is 1. The Morgan fingerprint density at radius 1 is 1.22 bits per heavy atom. The molecule has 3 rings (SSSR count). The predicted molar refractivity (Wildman–Crippen MR) is 108 cm³/mol. The summed E-state index contributed by atoms with van der Waals surface area (Å²) in [7, 11) is 0. The maximum Gasteiger partial charge on any atom is 0.272 e. The summed E-state index contributed by atoms with van der Waals surface area (Å²) >= 11 is 13.8. The Hall–Kier alpha value is -1.76. The quantitative estimate of drug-likeness (QED) is 0.736. The predicted octanol–water partition coefficient (Wildman–Crippen LogP) is 4.02. The van der Waals surface area contributed by atoms with Crippen LogP contribution in [0.2, 0.25) is 10.0 Å². The number of hydrogen-bond acceptors (Lipinski definition) is 4. The van der Waals surface area contributed by atoms with Gasteiger partial charge < -0.3 is 10.6 Å². The topological polar surface area (TPSA) is 76.3 Å². The van der Waals surface area contributed by atoms with Gasteiger partial charge in [0.15, 0.2) is 0 Å². The van der Waals surface area contributed by atoms with E-state index in [1.54, 1.807) is 17.0 Å². The number of benzene rings is 1. The average Bonchev–Trinajstić information content (AvgIpc) is 2.69. The normalized spacial score (nSPS) is 17.0. The molecule has 1 aromatic heterocycles. The van der Waals surface area contributed by atoms with Gasteiger partial charge in [0.1, 0.15) is 5.69 Å². The van der Waals surface area contributed by atoms with Gasteiger partial charge in [0, 0.05) is 23.7 Å². The van der Waals surface area contributed by atoms with Crippen LogP contribution in [-0.2, 0) is 10.5 Å².